The van der Waals surface area contributed by atoms with Crippen LogP contribution < -0.4 is 10.0 Å². The summed E-state index contributed by atoms with van der Waals surface area (Å²) >= 11 is 5.85. The van der Waals surface area contributed by atoms with Gasteiger partial charge in [0.1, 0.15) is 10.7 Å². The van der Waals surface area contributed by atoms with E-state index in [-0.39, 0.29) is 21.6 Å². The van der Waals surface area contributed by atoms with Crippen molar-refractivity contribution in [1.82, 2.24) is 4.90 Å². The van der Waals surface area contributed by atoms with Gasteiger partial charge in [0.15, 0.2) is 0 Å². The van der Waals surface area contributed by atoms with Gasteiger partial charge < -0.3 is 10.2 Å². The quantitative estimate of drug-likeness (QED) is 0.821. The number of hydrogen-bond donors (Lipinski definition) is 2. The molecule has 2 N–H and O–H groups in total. The summed E-state index contributed by atoms with van der Waals surface area (Å²) in [6.07, 6.45) is 1.90. The third-order valence-electron chi connectivity index (χ3n) is 3.99. The molecule has 2 amide bonds. The highest BCUT2D eigenvalue weighted by Gasteiger charge is 2.22. The second-order valence-corrected chi connectivity index (χ2v) is 7.91. The molecular weight excluding hydrogens is 381 g/mol. The molecule has 2 aromatic carbocycles. The first-order chi connectivity index (χ1) is 12.4. The predicted molar refractivity (Wildman–Crippen MR) is 98.5 cm³/mol. The Hall–Kier alpha value is -2.32. The number of urea groups is 1. The van der Waals surface area contributed by atoms with Crippen molar-refractivity contribution in [2.24, 2.45) is 0 Å². The molecule has 1 aliphatic heterocycles. The van der Waals surface area contributed by atoms with Crippen molar-refractivity contribution in [2.75, 3.05) is 23.1 Å². The minimum absolute atomic E-state index is 0.195. The molecule has 0 aromatic heterocycles. The number of carbonyl (C=O) groups excluding carboxylic acids is 1. The van der Waals surface area contributed by atoms with E-state index in [9.17, 15) is 17.6 Å². The zero-order valence-corrected chi connectivity index (χ0v) is 15.3. The van der Waals surface area contributed by atoms with Gasteiger partial charge in [0.2, 0.25) is 0 Å². The van der Waals surface area contributed by atoms with Crippen LogP contribution in [0.25, 0.3) is 0 Å². The van der Waals surface area contributed by atoms with E-state index >= 15 is 0 Å². The molecule has 0 atom stereocenters. The Morgan fingerprint density at radius 1 is 1.08 bits per heavy atom. The lowest BCUT2D eigenvalue weighted by atomic mass is 10.3. The molecule has 1 saturated heterocycles. The van der Waals surface area contributed by atoms with Gasteiger partial charge in [-0.25, -0.2) is 17.6 Å². The first kappa shape index (κ1) is 18.5. The Labute approximate surface area is 156 Å². The maximum atomic E-state index is 13.2. The van der Waals surface area contributed by atoms with E-state index in [0.717, 1.165) is 31.0 Å². The van der Waals surface area contributed by atoms with E-state index in [4.69, 9.17) is 11.6 Å². The van der Waals surface area contributed by atoms with Crippen LogP contribution in [0.1, 0.15) is 12.8 Å². The van der Waals surface area contributed by atoms with E-state index < -0.39 is 15.8 Å². The highest BCUT2D eigenvalue weighted by Crippen LogP contribution is 2.28. The highest BCUT2D eigenvalue weighted by molar-refractivity contribution is 7.92. The van der Waals surface area contributed by atoms with Crippen LogP contribution in [0.15, 0.2) is 47.4 Å². The van der Waals surface area contributed by atoms with Crippen molar-refractivity contribution in [3.05, 3.63) is 53.3 Å². The number of nitrogens with zero attached hydrogens (tertiary/aromatic N) is 1. The summed E-state index contributed by atoms with van der Waals surface area (Å²) in [7, 11) is -4.05. The average molecular weight is 398 g/mol. The lowest BCUT2D eigenvalue weighted by molar-refractivity contribution is 0.222. The molecule has 9 heteroatoms. The van der Waals surface area contributed by atoms with Gasteiger partial charge in [-0.2, -0.15) is 0 Å². The van der Waals surface area contributed by atoms with Gasteiger partial charge in [0, 0.05) is 13.1 Å². The number of rotatable bonds is 4. The van der Waals surface area contributed by atoms with E-state index in [1.54, 1.807) is 23.1 Å². The van der Waals surface area contributed by atoms with Crippen LogP contribution in [0, 0.1) is 5.82 Å². The second kappa shape index (κ2) is 7.51. The van der Waals surface area contributed by atoms with Crippen LogP contribution in [0.2, 0.25) is 5.02 Å². The molecule has 0 unspecified atom stereocenters. The van der Waals surface area contributed by atoms with Crippen LogP contribution in [0.5, 0.6) is 0 Å². The molecule has 0 aliphatic carbocycles. The fraction of sp³-hybridized carbons (Fsp3) is 0.235. The molecular formula is C17H17ClFN3O3S. The van der Waals surface area contributed by atoms with E-state index in [1.807, 2.05) is 0 Å². The Morgan fingerprint density at radius 2 is 1.73 bits per heavy atom. The summed E-state index contributed by atoms with van der Waals surface area (Å²) in [5.41, 5.74) is 0.520. The van der Waals surface area contributed by atoms with Crippen molar-refractivity contribution < 1.29 is 17.6 Å². The predicted octanol–water partition coefficient (Wildman–Crippen LogP) is 3.91. The van der Waals surface area contributed by atoms with Gasteiger partial charge in [0.25, 0.3) is 10.0 Å². The summed E-state index contributed by atoms with van der Waals surface area (Å²) in [5, 5.41) is 2.49. The normalized spacial score (nSPS) is 14.3. The van der Waals surface area contributed by atoms with Crippen LogP contribution >= 0.6 is 11.6 Å². The standard InChI is InChI=1S/C17H17ClFN3O3S/c18-13-11-12(19)7-8-16(13)26(24,25)21-15-6-2-1-5-14(15)20-17(23)22-9-3-4-10-22/h1-2,5-8,11,21H,3-4,9-10H2,(H,20,23). The Morgan fingerprint density at radius 3 is 2.38 bits per heavy atom. The van der Waals surface area contributed by atoms with Gasteiger partial charge in [-0.3, -0.25) is 4.72 Å². The van der Waals surface area contributed by atoms with Crippen LogP contribution in [0.4, 0.5) is 20.6 Å². The fourth-order valence-corrected chi connectivity index (χ4v) is 4.30. The molecule has 0 bridgehead atoms. The number of likely N-dealkylation sites (tertiary alicyclic amines) is 1. The lowest BCUT2D eigenvalue weighted by Gasteiger charge is -2.18. The second-order valence-electron chi connectivity index (χ2n) is 5.85. The topological polar surface area (TPSA) is 78.5 Å². The SMILES string of the molecule is O=C(Nc1ccccc1NS(=O)(=O)c1ccc(F)cc1Cl)N1CCCC1. The minimum atomic E-state index is -4.05. The van der Waals surface area contributed by atoms with Crippen LogP contribution in [0.3, 0.4) is 0 Å². The summed E-state index contributed by atoms with van der Waals surface area (Å²) in [6.45, 7) is 1.34. The molecule has 1 aliphatic rings. The van der Waals surface area contributed by atoms with Gasteiger partial charge in [-0.05, 0) is 43.2 Å². The van der Waals surface area contributed by atoms with Gasteiger partial charge in [-0.1, -0.05) is 23.7 Å². The maximum absolute atomic E-state index is 13.2. The number of benzene rings is 2. The monoisotopic (exact) mass is 397 g/mol. The van der Waals surface area contributed by atoms with Gasteiger partial charge in [0.05, 0.1) is 16.4 Å². The molecule has 1 fully saturated rings. The van der Waals surface area contributed by atoms with Crippen molar-refractivity contribution in [2.45, 2.75) is 17.7 Å². The summed E-state index contributed by atoms with van der Waals surface area (Å²) in [5.74, 6) is -0.632. The van der Waals surface area contributed by atoms with Crippen molar-refractivity contribution in [3.63, 3.8) is 0 Å². The molecule has 0 radical (unpaired) electrons. The molecule has 0 saturated carbocycles. The van der Waals surface area contributed by atoms with E-state index in [1.165, 1.54) is 6.07 Å². The third kappa shape index (κ3) is 4.08. The number of halogens is 2. The highest BCUT2D eigenvalue weighted by atomic mass is 35.5. The smallest absolute Gasteiger partial charge is 0.321 e. The van der Waals surface area contributed by atoms with Crippen molar-refractivity contribution >= 4 is 39.0 Å². The Bertz CT molecular complexity index is 931. The molecule has 6 nitrogen and oxygen atoms in total. The minimum Gasteiger partial charge on any atom is -0.325 e. The number of sulfonamides is 1. The Balaban J connectivity index is 1.84. The van der Waals surface area contributed by atoms with E-state index in [0.29, 0.717) is 18.8 Å². The number of hydrogen-bond acceptors (Lipinski definition) is 3. The lowest BCUT2D eigenvalue weighted by Crippen LogP contribution is -2.32. The van der Waals surface area contributed by atoms with Crippen molar-refractivity contribution in [1.29, 1.82) is 0 Å². The van der Waals surface area contributed by atoms with Crippen LogP contribution in [-0.2, 0) is 10.0 Å². The fourth-order valence-electron chi connectivity index (χ4n) is 2.69. The first-order valence-corrected chi connectivity index (χ1v) is 9.86. The summed E-state index contributed by atoms with van der Waals surface area (Å²) < 4.78 is 40.7. The maximum Gasteiger partial charge on any atom is 0.321 e. The largest absolute Gasteiger partial charge is 0.325 e. The average Bonchev–Trinajstić information content (AvgIpc) is 3.10. The third-order valence-corrected chi connectivity index (χ3v) is 5.84. The molecule has 26 heavy (non-hydrogen) atoms. The molecule has 138 valence electrons. The number of anilines is 2. The van der Waals surface area contributed by atoms with Gasteiger partial charge in [-0.15, -0.1) is 0 Å². The summed E-state index contributed by atoms with van der Waals surface area (Å²) in [6, 6.07) is 9.18. The van der Waals surface area contributed by atoms with Gasteiger partial charge >= 0.3 is 6.03 Å². The van der Waals surface area contributed by atoms with Crippen LogP contribution in [-0.4, -0.2) is 32.4 Å². The zero-order valence-electron chi connectivity index (χ0n) is 13.7. The number of carbonyl (C=O) groups is 1. The summed E-state index contributed by atoms with van der Waals surface area (Å²) in [4.78, 5) is 13.7. The molecule has 0 spiro atoms. The molecule has 1 heterocycles. The molecule has 3 rings (SSSR count). The zero-order chi connectivity index (χ0) is 18.7. The van der Waals surface area contributed by atoms with E-state index in [2.05, 4.69) is 10.0 Å². The van der Waals surface area contributed by atoms with Crippen molar-refractivity contribution in [3.8, 4) is 0 Å². The molecule has 2 aromatic rings. The first-order valence-electron chi connectivity index (χ1n) is 8.00. The number of nitrogens with one attached hydrogen (secondary N) is 2. The number of para-hydroxylation sites is 2. The number of amides is 2. The Kier molecular flexibility index (Phi) is 5.33.